The Bertz CT molecular complexity index is 1300. The van der Waals surface area contributed by atoms with Gasteiger partial charge in [0, 0.05) is 23.5 Å². The lowest BCUT2D eigenvalue weighted by Crippen LogP contribution is -2.16. The highest BCUT2D eigenvalue weighted by molar-refractivity contribution is 6.06. The van der Waals surface area contributed by atoms with E-state index in [2.05, 4.69) is 32.4 Å². The number of aromatic nitrogens is 5. The van der Waals surface area contributed by atoms with Gasteiger partial charge in [-0.2, -0.15) is 0 Å². The van der Waals surface area contributed by atoms with Crippen LogP contribution in [0.4, 0.5) is 5.82 Å². The minimum atomic E-state index is -0.288. The number of nitrogens with one attached hydrogen (secondary N) is 1. The van der Waals surface area contributed by atoms with E-state index < -0.39 is 0 Å². The number of benzene rings is 1. The average molecular weight is 441 g/mol. The quantitative estimate of drug-likeness (QED) is 0.461. The number of hydrogen-bond acceptors (Lipinski definition) is 6. The first-order valence-electron chi connectivity index (χ1n) is 11.0. The number of aryl methyl sites for hydroxylation is 1. The summed E-state index contributed by atoms with van der Waals surface area (Å²) in [6, 6.07) is 15.2. The fraction of sp³-hybridized carbons (Fsp3) is 0.240. The van der Waals surface area contributed by atoms with E-state index in [0.717, 1.165) is 29.7 Å². The molecule has 1 aromatic carbocycles. The van der Waals surface area contributed by atoms with Gasteiger partial charge in [0.15, 0.2) is 5.82 Å². The van der Waals surface area contributed by atoms with Gasteiger partial charge in [-0.3, -0.25) is 9.78 Å². The number of nitrogens with zero attached hydrogens (tertiary/aromatic N) is 5. The molecule has 1 amide bonds. The Kier molecular flexibility index (Phi) is 5.56. The molecule has 0 unspecified atom stereocenters. The average Bonchev–Trinajstić information content (AvgIpc) is 3.32. The van der Waals surface area contributed by atoms with E-state index in [4.69, 9.17) is 4.74 Å². The normalized spacial score (nSPS) is 16.1. The molecule has 33 heavy (non-hydrogen) atoms. The molecule has 0 radical (unpaired) electrons. The second-order valence-electron chi connectivity index (χ2n) is 8.16. The van der Waals surface area contributed by atoms with E-state index in [9.17, 15) is 4.79 Å². The second-order valence-corrected chi connectivity index (χ2v) is 8.16. The van der Waals surface area contributed by atoms with Gasteiger partial charge in [0.1, 0.15) is 23.6 Å². The van der Waals surface area contributed by atoms with Crippen LogP contribution in [-0.4, -0.2) is 37.2 Å². The molecule has 0 saturated carbocycles. The van der Waals surface area contributed by atoms with Crippen molar-refractivity contribution in [3.63, 3.8) is 0 Å². The molecule has 0 aliphatic carbocycles. The molecule has 5 rings (SSSR count). The minimum absolute atomic E-state index is 0.178. The van der Waals surface area contributed by atoms with Crippen LogP contribution >= 0.6 is 0 Å². The number of amides is 1. The molecule has 166 valence electrons. The zero-order valence-electron chi connectivity index (χ0n) is 18.5. The summed E-state index contributed by atoms with van der Waals surface area (Å²) >= 11 is 0. The highest BCUT2D eigenvalue weighted by Gasteiger charge is 2.19. The maximum Gasteiger partial charge on any atom is 0.260 e. The van der Waals surface area contributed by atoms with Crippen LogP contribution in [0.15, 0.2) is 61.1 Å². The first-order chi connectivity index (χ1) is 16.1. The van der Waals surface area contributed by atoms with Gasteiger partial charge in [0.05, 0.1) is 12.2 Å². The van der Waals surface area contributed by atoms with Crippen LogP contribution in [0.25, 0.3) is 22.6 Å². The van der Waals surface area contributed by atoms with Crippen LogP contribution in [0.5, 0.6) is 5.75 Å². The Labute approximate surface area is 191 Å². The van der Waals surface area contributed by atoms with E-state index in [0.29, 0.717) is 35.3 Å². The molecule has 1 aliphatic rings. The lowest BCUT2D eigenvalue weighted by atomic mass is 10.0. The van der Waals surface area contributed by atoms with Crippen molar-refractivity contribution in [3.05, 3.63) is 72.3 Å². The minimum Gasteiger partial charge on any atom is -0.493 e. The Morgan fingerprint density at radius 1 is 1.12 bits per heavy atom. The SMILES string of the molecule is Cc1ccc(-c2ccc3c(c2)C(=O)Nc2cccc(n2)-c2nncn2[C@H](C)CCCO3)cn1. The standard InChI is InChI=1S/C25H24N6O2/c1-16-8-9-19(14-26-16)18-10-11-22-20(13-18)25(32)29-23-7-3-6-21(28-23)24-30-27-15-31(24)17(2)5-4-12-33-22/h3,6-11,13-15,17H,4-5,12H2,1-2H3,(H,28,29,32)/t17-/m1/s1. The Morgan fingerprint density at radius 2 is 2.00 bits per heavy atom. The number of carbonyl (C=O) groups is 1. The molecule has 0 fully saturated rings. The molecule has 0 spiro atoms. The number of anilines is 1. The maximum absolute atomic E-state index is 13.3. The van der Waals surface area contributed by atoms with E-state index >= 15 is 0 Å². The van der Waals surface area contributed by atoms with Crippen LogP contribution in [0.2, 0.25) is 0 Å². The summed E-state index contributed by atoms with van der Waals surface area (Å²) in [4.78, 5) is 22.3. The van der Waals surface area contributed by atoms with Gasteiger partial charge in [-0.1, -0.05) is 18.2 Å². The number of rotatable bonds is 1. The van der Waals surface area contributed by atoms with Gasteiger partial charge >= 0.3 is 0 Å². The number of pyridine rings is 2. The molecule has 2 bridgehead atoms. The fourth-order valence-electron chi connectivity index (χ4n) is 3.91. The third kappa shape index (κ3) is 4.32. The zero-order chi connectivity index (χ0) is 22.8. The number of carbonyl (C=O) groups excluding carboxylic acids is 1. The zero-order valence-corrected chi connectivity index (χ0v) is 18.5. The molecule has 1 aliphatic heterocycles. The Morgan fingerprint density at radius 3 is 2.85 bits per heavy atom. The monoisotopic (exact) mass is 440 g/mol. The van der Waals surface area contributed by atoms with E-state index in [-0.39, 0.29) is 11.9 Å². The third-order valence-electron chi connectivity index (χ3n) is 5.76. The summed E-state index contributed by atoms with van der Waals surface area (Å²) < 4.78 is 8.06. The first-order valence-corrected chi connectivity index (χ1v) is 11.0. The summed E-state index contributed by atoms with van der Waals surface area (Å²) in [5, 5.41) is 11.2. The predicted octanol–water partition coefficient (Wildman–Crippen LogP) is 4.70. The van der Waals surface area contributed by atoms with Crippen LogP contribution in [0, 0.1) is 6.92 Å². The van der Waals surface area contributed by atoms with Gasteiger partial charge < -0.3 is 14.6 Å². The van der Waals surface area contributed by atoms with Crippen molar-refractivity contribution in [2.24, 2.45) is 0 Å². The van der Waals surface area contributed by atoms with Crippen molar-refractivity contribution >= 4 is 11.7 Å². The summed E-state index contributed by atoms with van der Waals surface area (Å²) in [6.07, 6.45) is 5.22. The number of fused-ring (bicyclic) bond motifs is 5. The smallest absolute Gasteiger partial charge is 0.260 e. The molecule has 4 heterocycles. The van der Waals surface area contributed by atoms with Crippen LogP contribution in [0.3, 0.4) is 0 Å². The topological polar surface area (TPSA) is 94.8 Å². The molecule has 4 aromatic rings. The van der Waals surface area contributed by atoms with Gasteiger partial charge in [-0.15, -0.1) is 10.2 Å². The maximum atomic E-state index is 13.3. The van der Waals surface area contributed by atoms with Crippen molar-refractivity contribution in [2.45, 2.75) is 32.7 Å². The molecule has 1 atom stereocenters. The van der Waals surface area contributed by atoms with Gasteiger partial charge in [0.2, 0.25) is 0 Å². The van der Waals surface area contributed by atoms with Gasteiger partial charge in [0.25, 0.3) is 5.91 Å². The van der Waals surface area contributed by atoms with E-state index in [1.54, 1.807) is 18.6 Å². The van der Waals surface area contributed by atoms with Gasteiger partial charge in [-0.25, -0.2) is 4.98 Å². The summed E-state index contributed by atoms with van der Waals surface area (Å²) in [6.45, 7) is 4.57. The van der Waals surface area contributed by atoms with Crippen LogP contribution in [0.1, 0.15) is 41.9 Å². The van der Waals surface area contributed by atoms with Crippen molar-refractivity contribution < 1.29 is 9.53 Å². The lowest BCUT2D eigenvalue weighted by molar-refractivity contribution is 0.102. The molecule has 8 heteroatoms. The first kappa shape index (κ1) is 20.8. The van der Waals surface area contributed by atoms with Crippen LogP contribution in [-0.2, 0) is 0 Å². The largest absolute Gasteiger partial charge is 0.493 e. The Hall–Kier alpha value is -4.07. The number of ether oxygens (including phenoxy) is 1. The lowest BCUT2D eigenvalue weighted by Gasteiger charge is -2.18. The van der Waals surface area contributed by atoms with Crippen molar-refractivity contribution in [1.29, 1.82) is 0 Å². The molecular formula is C25H24N6O2. The van der Waals surface area contributed by atoms with Crippen molar-refractivity contribution in [1.82, 2.24) is 24.7 Å². The second kappa shape index (κ2) is 8.82. The molecule has 8 nitrogen and oxygen atoms in total. The Balaban J connectivity index is 1.55. The molecule has 0 saturated heterocycles. The fourth-order valence-corrected chi connectivity index (χ4v) is 3.91. The predicted molar refractivity (Wildman–Crippen MR) is 125 cm³/mol. The van der Waals surface area contributed by atoms with Crippen molar-refractivity contribution in [2.75, 3.05) is 11.9 Å². The number of hydrogen-bond donors (Lipinski definition) is 1. The summed E-state index contributed by atoms with van der Waals surface area (Å²) in [5.41, 5.74) is 3.88. The van der Waals surface area contributed by atoms with Gasteiger partial charge in [-0.05, 0) is 62.6 Å². The highest BCUT2D eigenvalue weighted by atomic mass is 16.5. The van der Waals surface area contributed by atoms with E-state index in [1.807, 2.05) is 54.0 Å². The molecule has 3 aromatic heterocycles. The molecular weight excluding hydrogens is 416 g/mol. The van der Waals surface area contributed by atoms with Crippen molar-refractivity contribution in [3.8, 4) is 28.4 Å². The summed E-state index contributed by atoms with van der Waals surface area (Å²) in [5.74, 6) is 1.36. The van der Waals surface area contributed by atoms with Crippen LogP contribution < -0.4 is 10.1 Å². The summed E-state index contributed by atoms with van der Waals surface area (Å²) in [7, 11) is 0. The molecule has 1 N–H and O–H groups in total. The van der Waals surface area contributed by atoms with E-state index in [1.165, 1.54) is 0 Å². The highest BCUT2D eigenvalue weighted by Crippen LogP contribution is 2.29. The third-order valence-corrected chi connectivity index (χ3v) is 5.76.